The van der Waals surface area contributed by atoms with E-state index in [-0.39, 0.29) is 16.2 Å². The number of halogens is 2. The molecule has 0 aliphatic heterocycles. The van der Waals surface area contributed by atoms with Crippen LogP contribution in [0.1, 0.15) is 12.5 Å². The molecule has 0 N–H and O–H groups in total. The summed E-state index contributed by atoms with van der Waals surface area (Å²) >= 11 is 1.18. The molecule has 92 valence electrons. The molecule has 2 nitrogen and oxygen atoms in total. The van der Waals surface area contributed by atoms with E-state index in [1.54, 1.807) is 5.38 Å². The van der Waals surface area contributed by atoms with Gasteiger partial charge in [0.05, 0.1) is 18.9 Å². The molecule has 0 radical (unpaired) electrons. The maximum absolute atomic E-state index is 14.2. The summed E-state index contributed by atoms with van der Waals surface area (Å²) in [5.74, 6) is -1.48. The quantitative estimate of drug-likeness (QED) is 0.834. The Morgan fingerprint density at radius 2 is 1.71 bits per heavy atom. The second-order valence-corrected chi connectivity index (χ2v) is 4.39. The minimum atomic E-state index is -0.564. The van der Waals surface area contributed by atoms with Crippen LogP contribution in [0.3, 0.4) is 0 Å². The summed E-state index contributed by atoms with van der Waals surface area (Å²) in [7, 11) is 2.59. The molecule has 1 heterocycles. The molecule has 0 bridgehead atoms. The Morgan fingerprint density at radius 3 is 2.24 bits per heavy atom. The molecule has 0 aliphatic rings. The highest BCUT2D eigenvalue weighted by Gasteiger charge is 2.24. The second kappa shape index (κ2) is 4.49. The molecule has 1 aromatic heterocycles. The molecule has 5 heteroatoms. The molecule has 0 saturated heterocycles. The minimum absolute atomic E-state index is 0.175. The molecular formula is C12H12F2O2S. The summed E-state index contributed by atoms with van der Waals surface area (Å²) in [6, 6.07) is 0. The van der Waals surface area contributed by atoms with Gasteiger partial charge in [-0.1, -0.05) is 6.92 Å². The van der Waals surface area contributed by atoms with Gasteiger partial charge in [0.15, 0.2) is 11.6 Å². The first-order chi connectivity index (χ1) is 8.15. The zero-order valence-electron chi connectivity index (χ0n) is 9.77. The van der Waals surface area contributed by atoms with Crippen LogP contribution in [0.4, 0.5) is 8.78 Å². The fourth-order valence-electron chi connectivity index (χ4n) is 1.84. The monoisotopic (exact) mass is 258 g/mol. The van der Waals surface area contributed by atoms with Crippen LogP contribution in [-0.2, 0) is 6.42 Å². The molecule has 0 amide bonds. The molecule has 0 saturated carbocycles. The van der Waals surface area contributed by atoms with E-state index in [1.165, 1.54) is 25.6 Å². The van der Waals surface area contributed by atoms with Crippen molar-refractivity contribution in [2.24, 2.45) is 0 Å². The van der Waals surface area contributed by atoms with Crippen LogP contribution in [0.2, 0.25) is 0 Å². The van der Waals surface area contributed by atoms with E-state index < -0.39 is 11.6 Å². The highest BCUT2D eigenvalue weighted by atomic mass is 32.1. The van der Waals surface area contributed by atoms with Crippen LogP contribution < -0.4 is 9.47 Å². The molecule has 0 unspecified atom stereocenters. The van der Waals surface area contributed by atoms with Crippen LogP contribution in [0.25, 0.3) is 10.1 Å². The number of fused-ring (bicyclic) bond motifs is 1. The van der Waals surface area contributed by atoms with Crippen LogP contribution in [-0.4, -0.2) is 14.2 Å². The van der Waals surface area contributed by atoms with Crippen molar-refractivity contribution in [2.75, 3.05) is 14.2 Å². The number of aryl methyl sites for hydroxylation is 1. The number of hydrogen-bond acceptors (Lipinski definition) is 3. The Kier molecular flexibility index (Phi) is 3.19. The molecule has 0 spiro atoms. The van der Waals surface area contributed by atoms with Gasteiger partial charge in [-0.2, -0.15) is 0 Å². The Morgan fingerprint density at radius 1 is 1.12 bits per heavy atom. The number of benzene rings is 1. The van der Waals surface area contributed by atoms with E-state index in [0.717, 1.165) is 5.56 Å². The van der Waals surface area contributed by atoms with Crippen LogP contribution >= 0.6 is 11.3 Å². The predicted molar refractivity (Wildman–Crippen MR) is 64.2 cm³/mol. The lowest BCUT2D eigenvalue weighted by Crippen LogP contribution is -1.98. The van der Waals surface area contributed by atoms with Crippen LogP contribution in [0.5, 0.6) is 11.5 Å². The standard InChI is InChI=1S/C12H12F2O2S/c1-4-6-5-17-12-7(6)8(13)10(15-2)11(16-3)9(12)14/h5H,4H2,1-3H3. The fourth-order valence-corrected chi connectivity index (χ4v) is 2.92. The average molecular weight is 258 g/mol. The molecule has 1 aromatic carbocycles. The lowest BCUT2D eigenvalue weighted by Gasteiger charge is -2.11. The first kappa shape index (κ1) is 12.1. The van der Waals surface area contributed by atoms with Gasteiger partial charge in [-0.3, -0.25) is 0 Å². The smallest absolute Gasteiger partial charge is 0.201 e. The molecule has 0 aliphatic carbocycles. The van der Waals surface area contributed by atoms with E-state index in [1.807, 2.05) is 6.92 Å². The Labute approximate surface area is 102 Å². The average Bonchev–Trinajstić information content (AvgIpc) is 2.77. The van der Waals surface area contributed by atoms with Crippen molar-refractivity contribution in [3.63, 3.8) is 0 Å². The van der Waals surface area contributed by atoms with E-state index in [2.05, 4.69) is 0 Å². The van der Waals surface area contributed by atoms with Gasteiger partial charge in [0.2, 0.25) is 11.5 Å². The molecule has 2 aromatic rings. The van der Waals surface area contributed by atoms with Crippen molar-refractivity contribution in [3.8, 4) is 11.5 Å². The van der Waals surface area contributed by atoms with Gasteiger partial charge in [0.1, 0.15) is 0 Å². The number of hydrogen-bond donors (Lipinski definition) is 0. The summed E-state index contributed by atoms with van der Waals surface area (Å²) in [6.45, 7) is 1.90. The van der Waals surface area contributed by atoms with E-state index >= 15 is 0 Å². The predicted octanol–water partition coefficient (Wildman–Crippen LogP) is 3.76. The Bertz CT molecular complexity index is 563. The zero-order valence-corrected chi connectivity index (χ0v) is 10.6. The number of thiophene rings is 1. The SMILES string of the molecule is CCc1csc2c(F)c(OC)c(OC)c(F)c12. The van der Waals surface area contributed by atoms with Gasteiger partial charge in [-0.05, 0) is 17.4 Å². The Balaban J connectivity index is 2.91. The third-order valence-corrected chi connectivity index (χ3v) is 3.70. The minimum Gasteiger partial charge on any atom is -0.490 e. The molecule has 0 fully saturated rings. The van der Waals surface area contributed by atoms with Gasteiger partial charge in [0, 0.05) is 5.39 Å². The van der Waals surface area contributed by atoms with Crippen molar-refractivity contribution < 1.29 is 18.3 Å². The van der Waals surface area contributed by atoms with Crippen molar-refractivity contribution in [1.82, 2.24) is 0 Å². The molecule has 0 atom stereocenters. The highest BCUT2D eigenvalue weighted by Crippen LogP contribution is 2.43. The fraction of sp³-hybridized carbons (Fsp3) is 0.333. The second-order valence-electron chi connectivity index (χ2n) is 3.51. The summed E-state index contributed by atoms with van der Waals surface area (Å²) in [4.78, 5) is 0. The van der Waals surface area contributed by atoms with Crippen molar-refractivity contribution in [2.45, 2.75) is 13.3 Å². The van der Waals surface area contributed by atoms with Crippen molar-refractivity contribution in [3.05, 3.63) is 22.6 Å². The van der Waals surface area contributed by atoms with Crippen molar-refractivity contribution >= 4 is 21.4 Å². The van der Waals surface area contributed by atoms with Gasteiger partial charge in [-0.15, -0.1) is 11.3 Å². The Hall–Kier alpha value is -1.36. The third-order valence-electron chi connectivity index (χ3n) is 2.68. The van der Waals surface area contributed by atoms with E-state index in [4.69, 9.17) is 9.47 Å². The lowest BCUT2D eigenvalue weighted by molar-refractivity contribution is 0.326. The summed E-state index contributed by atoms with van der Waals surface area (Å²) in [6.07, 6.45) is 0.645. The van der Waals surface area contributed by atoms with Gasteiger partial charge >= 0.3 is 0 Å². The van der Waals surface area contributed by atoms with E-state index in [0.29, 0.717) is 11.8 Å². The normalized spacial score (nSPS) is 10.9. The maximum Gasteiger partial charge on any atom is 0.201 e. The molecule has 17 heavy (non-hydrogen) atoms. The van der Waals surface area contributed by atoms with Crippen molar-refractivity contribution in [1.29, 1.82) is 0 Å². The topological polar surface area (TPSA) is 18.5 Å². The summed E-state index contributed by atoms with van der Waals surface area (Å²) in [5, 5.41) is 2.06. The number of methoxy groups -OCH3 is 2. The zero-order chi connectivity index (χ0) is 12.6. The maximum atomic E-state index is 14.2. The van der Waals surface area contributed by atoms with Crippen LogP contribution in [0, 0.1) is 11.6 Å². The van der Waals surface area contributed by atoms with Gasteiger partial charge in [-0.25, -0.2) is 8.78 Å². The number of ether oxygens (including phenoxy) is 2. The van der Waals surface area contributed by atoms with Crippen LogP contribution in [0.15, 0.2) is 5.38 Å². The largest absolute Gasteiger partial charge is 0.490 e. The first-order valence-corrected chi connectivity index (χ1v) is 6.02. The summed E-state index contributed by atoms with van der Waals surface area (Å²) < 4.78 is 38.3. The van der Waals surface area contributed by atoms with E-state index in [9.17, 15) is 8.78 Å². The van der Waals surface area contributed by atoms with Gasteiger partial charge < -0.3 is 9.47 Å². The molecular weight excluding hydrogens is 246 g/mol. The lowest BCUT2D eigenvalue weighted by atomic mass is 10.1. The van der Waals surface area contributed by atoms with Gasteiger partial charge in [0.25, 0.3) is 0 Å². The molecule has 2 rings (SSSR count). The highest BCUT2D eigenvalue weighted by molar-refractivity contribution is 7.17. The summed E-state index contributed by atoms with van der Waals surface area (Å²) in [5.41, 5.74) is 0.780. The first-order valence-electron chi connectivity index (χ1n) is 5.14. The third kappa shape index (κ3) is 1.65. The number of rotatable bonds is 3.